The lowest BCUT2D eigenvalue weighted by Crippen LogP contribution is -2.57. The van der Waals surface area contributed by atoms with Crippen molar-refractivity contribution in [1.82, 2.24) is 20.2 Å². The Balaban J connectivity index is 1.74. The van der Waals surface area contributed by atoms with Crippen LogP contribution in [0.4, 0.5) is 5.95 Å². The molecule has 3 aliphatic heterocycles. The van der Waals surface area contributed by atoms with E-state index in [1.54, 1.807) is 6.07 Å². The third kappa shape index (κ3) is 3.47. The summed E-state index contributed by atoms with van der Waals surface area (Å²) in [5.41, 5.74) is 1.32. The van der Waals surface area contributed by atoms with Crippen LogP contribution in [-0.4, -0.2) is 59.5 Å². The zero-order chi connectivity index (χ0) is 16.4. The number of amides is 1. The van der Waals surface area contributed by atoms with Crippen LogP contribution in [0.15, 0.2) is 6.07 Å². The first kappa shape index (κ1) is 16.2. The number of fused-ring (bicyclic) bond motifs is 3. The molecule has 1 unspecified atom stereocenters. The molecule has 1 amide bonds. The van der Waals surface area contributed by atoms with Crippen LogP contribution < -0.4 is 10.2 Å². The maximum atomic E-state index is 12.7. The highest BCUT2D eigenvalue weighted by Gasteiger charge is 2.35. The number of nitrogens with one attached hydrogen (secondary N) is 1. The number of anilines is 1. The summed E-state index contributed by atoms with van der Waals surface area (Å²) in [4.78, 5) is 26.1. The molecule has 6 nitrogen and oxygen atoms in total. The average molecular weight is 317 g/mol. The van der Waals surface area contributed by atoms with E-state index in [0.717, 1.165) is 25.3 Å². The van der Waals surface area contributed by atoms with Gasteiger partial charge in [0.05, 0.1) is 0 Å². The normalized spacial score (nSPS) is 26.1. The van der Waals surface area contributed by atoms with Crippen molar-refractivity contribution in [2.75, 3.05) is 37.6 Å². The second-order valence-corrected chi connectivity index (χ2v) is 6.58. The first-order valence-corrected chi connectivity index (χ1v) is 8.74. The van der Waals surface area contributed by atoms with Crippen molar-refractivity contribution in [1.29, 1.82) is 0 Å². The van der Waals surface area contributed by atoms with E-state index < -0.39 is 0 Å². The Morgan fingerprint density at radius 2 is 2.00 bits per heavy atom. The summed E-state index contributed by atoms with van der Waals surface area (Å²) >= 11 is 0. The van der Waals surface area contributed by atoms with Crippen molar-refractivity contribution in [3.8, 4) is 0 Å². The zero-order valence-corrected chi connectivity index (χ0v) is 14.4. The molecule has 0 aromatic carbocycles. The maximum absolute atomic E-state index is 12.7. The van der Waals surface area contributed by atoms with Gasteiger partial charge < -0.3 is 15.1 Å². The molecule has 1 atom stereocenters. The van der Waals surface area contributed by atoms with Crippen LogP contribution in [0.25, 0.3) is 0 Å². The molecule has 0 spiro atoms. The van der Waals surface area contributed by atoms with E-state index in [0.29, 0.717) is 17.6 Å². The molecule has 2 bridgehead atoms. The molecule has 4 rings (SSSR count). The van der Waals surface area contributed by atoms with Crippen LogP contribution in [0, 0.1) is 12.8 Å². The van der Waals surface area contributed by atoms with Crippen LogP contribution in [0.5, 0.6) is 0 Å². The molecule has 6 heteroatoms. The number of hydrogen-bond donors (Lipinski definition) is 1. The van der Waals surface area contributed by atoms with E-state index in [1.165, 1.54) is 25.9 Å². The fourth-order valence-corrected chi connectivity index (χ4v) is 3.69. The van der Waals surface area contributed by atoms with Crippen LogP contribution in [0.2, 0.25) is 0 Å². The van der Waals surface area contributed by atoms with Crippen molar-refractivity contribution in [2.45, 2.75) is 39.7 Å². The van der Waals surface area contributed by atoms with E-state index in [-0.39, 0.29) is 11.9 Å². The minimum Gasteiger partial charge on any atom is -0.346 e. The molecule has 1 aromatic heterocycles. The number of carbonyl (C=O) groups is 1. The third-order valence-electron chi connectivity index (χ3n) is 5.09. The van der Waals surface area contributed by atoms with Gasteiger partial charge >= 0.3 is 0 Å². The van der Waals surface area contributed by atoms with Gasteiger partial charge in [0.2, 0.25) is 5.95 Å². The summed E-state index contributed by atoms with van der Waals surface area (Å²) in [5, 5.41) is 3.21. The van der Waals surface area contributed by atoms with Crippen molar-refractivity contribution < 1.29 is 4.79 Å². The molecule has 1 aromatic rings. The molecule has 4 heterocycles. The smallest absolute Gasteiger partial charge is 0.270 e. The van der Waals surface area contributed by atoms with Gasteiger partial charge in [0.15, 0.2) is 0 Å². The fraction of sp³-hybridized carbons (Fsp3) is 0.706. The van der Waals surface area contributed by atoms with Gasteiger partial charge in [-0.15, -0.1) is 0 Å². The van der Waals surface area contributed by atoms with Crippen LogP contribution in [-0.2, 0) is 0 Å². The highest BCUT2D eigenvalue weighted by atomic mass is 16.2. The van der Waals surface area contributed by atoms with Gasteiger partial charge in [0.1, 0.15) is 5.69 Å². The molecule has 126 valence electrons. The molecule has 0 saturated carbocycles. The largest absolute Gasteiger partial charge is 0.346 e. The first-order valence-electron chi connectivity index (χ1n) is 8.74. The predicted molar refractivity (Wildman–Crippen MR) is 90.7 cm³/mol. The molecular formula is C17H27N5O. The van der Waals surface area contributed by atoms with Gasteiger partial charge in [-0.3, -0.25) is 4.79 Å². The Labute approximate surface area is 138 Å². The van der Waals surface area contributed by atoms with Crippen LogP contribution in [0.3, 0.4) is 0 Å². The Morgan fingerprint density at radius 3 is 2.57 bits per heavy atom. The highest BCUT2D eigenvalue weighted by Crippen LogP contribution is 2.27. The minimum atomic E-state index is -0.0670. The topological polar surface area (TPSA) is 61.4 Å². The lowest BCUT2D eigenvalue weighted by molar-refractivity contribution is 0.0617. The lowest BCUT2D eigenvalue weighted by Gasteiger charge is -2.44. The van der Waals surface area contributed by atoms with Crippen molar-refractivity contribution in [2.24, 2.45) is 5.92 Å². The summed E-state index contributed by atoms with van der Waals surface area (Å²) in [6, 6.07) is 2.04. The van der Waals surface area contributed by atoms with Crippen molar-refractivity contribution >= 4 is 11.9 Å². The third-order valence-corrected chi connectivity index (χ3v) is 5.09. The minimum absolute atomic E-state index is 0.0670. The zero-order valence-electron chi connectivity index (χ0n) is 14.4. The maximum Gasteiger partial charge on any atom is 0.270 e. The van der Waals surface area contributed by atoms with Crippen LogP contribution in [0.1, 0.15) is 42.9 Å². The number of hydrogen-bond acceptors (Lipinski definition) is 5. The second kappa shape index (κ2) is 6.83. The molecule has 23 heavy (non-hydrogen) atoms. The molecule has 3 saturated heterocycles. The number of aryl methyl sites for hydroxylation is 1. The summed E-state index contributed by atoms with van der Waals surface area (Å²) in [7, 11) is 0. The Hall–Kier alpha value is -1.69. The number of nitrogens with zero attached hydrogens (tertiary/aromatic N) is 4. The predicted octanol–water partition coefficient (Wildman–Crippen LogP) is 1.46. The molecule has 3 aliphatic rings. The summed E-state index contributed by atoms with van der Waals surface area (Å²) < 4.78 is 0. The summed E-state index contributed by atoms with van der Waals surface area (Å²) in [5.74, 6) is 1.20. The molecule has 0 radical (unpaired) electrons. The van der Waals surface area contributed by atoms with Crippen LogP contribution >= 0.6 is 0 Å². The van der Waals surface area contributed by atoms with Gasteiger partial charge in [0, 0.05) is 31.4 Å². The molecular weight excluding hydrogens is 290 g/mol. The van der Waals surface area contributed by atoms with E-state index >= 15 is 0 Å². The molecule has 0 aliphatic carbocycles. The monoisotopic (exact) mass is 317 g/mol. The molecule has 1 N–H and O–H groups in total. The molecule has 3 fully saturated rings. The SMILES string of the molecule is CCN(CC)c1nc(C)cc(C(=O)NC2CN3CCC2CC3)n1. The summed E-state index contributed by atoms with van der Waals surface area (Å²) in [6.45, 7) is 11.1. The average Bonchev–Trinajstić information content (AvgIpc) is 2.56. The highest BCUT2D eigenvalue weighted by molar-refractivity contribution is 5.92. The summed E-state index contributed by atoms with van der Waals surface area (Å²) in [6.07, 6.45) is 2.39. The first-order chi connectivity index (χ1) is 11.1. The number of carbonyl (C=O) groups excluding carboxylic acids is 1. The van der Waals surface area contributed by atoms with E-state index in [9.17, 15) is 4.79 Å². The van der Waals surface area contributed by atoms with Gasteiger partial charge in [-0.1, -0.05) is 0 Å². The second-order valence-electron chi connectivity index (χ2n) is 6.58. The van der Waals surface area contributed by atoms with Crippen molar-refractivity contribution in [3.05, 3.63) is 17.5 Å². The number of rotatable bonds is 5. The van der Waals surface area contributed by atoms with Gasteiger partial charge in [-0.25, -0.2) is 9.97 Å². The van der Waals surface area contributed by atoms with E-state index in [1.807, 2.05) is 6.92 Å². The van der Waals surface area contributed by atoms with Gasteiger partial charge in [0.25, 0.3) is 5.91 Å². The Kier molecular flexibility index (Phi) is 4.80. The lowest BCUT2D eigenvalue weighted by atomic mass is 9.84. The fourth-order valence-electron chi connectivity index (χ4n) is 3.69. The number of piperidine rings is 3. The van der Waals surface area contributed by atoms with Gasteiger partial charge in [-0.2, -0.15) is 0 Å². The Bertz CT molecular complexity index is 564. The van der Waals surface area contributed by atoms with Crippen molar-refractivity contribution in [3.63, 3.8) is 0 Å². The standard InChI is InChI=1S/C17H27N5O/c1-4-22(5-2)17-18-12(3)10-14(20-17)16(23)19-15-11-21-8-6-13(15)7-9-21/h10,13,15H,4-9,11H2,1-3H3,(H,19,23). The number of aromatic nitrogens is 2. The van der Waals surface area contributed by atoms with E-state index in [4.69, 9.17) is 0 Å². The van der Waals surface area contributed by atoms with E-state index in [2.05, 4.69) is 38.9 Å². The van der Waals surface area contributed by atoms with Gasteiger partial charge in [-0.05, 0) is 58.7 Å². The quantitative estimate of drug-likeness (QED) is 0.891. The Morgan fingerprint density at radius 1 is 1.30 bits per heavy atom.